The summed E-state index contributed by atoms with van der Waals surface area (Å²) in [7, 11) is -19.5. The molecule has 0 spiro atoms. The minimum absolute atomic E-state index is 0.0273. The van der Waals surface area contributed by atoms with Gasteiger partial charge in [0.1, 0.15) is 68.5 Å². The van der Waals surface area contributed by atoms with E-state index in [1.54, 1.807) is 0 Å². The number of fused-ring (bicyclic) bond motifs is 9. The van der Waals surface area contributed by atoms with E-state index >= 15 is 0 Å². The van der Waals surface area contributed by atoms with Crippen molar-refractivity contribution in [3.63, 3.8) is 0 Å². The van der Waals surface area contributed by atoms with Crippen LogP contribution in [0, 0.1) is 0 Å². The van der Waals surface area contributed by atoms with E-state index in [-0.39, 0.29) is 65.5 Å². The molecule has 0 atom stereocenters. The minimum atomic E-state index is -4.99. The van der Waals surface area contributed by atoms with Gasteiger partial charge in [-0.2, -0.15) is 0 Å². The number of phenols is 2. The molecule has 0 aliphatic carbocycles. The average Bonchev–Trinajstić information content (AvgIpc) is 1.62. The van der Waals surface area contributed by atoms with Gasteiger partial charge in [-0.3, -0.25) is 39.1 Å². The number of rotatable bonds is 47. The van der Waals surface area contributed by atoms with Crippen molar-refractivity contribution in [2.75, 3.05) is 76.5 Å². The standard InChI is InChI=1S/C28H35N5O9P2S.2C28H34N5O6PS/c1-2-3-7-25-32-26-27(33(25)17-20-16-21(41-43(34,35)36)9-11-24(20)42-44(37,38)39)22-15-19(8-10-23(22)31-28(26)29)6-4-13-40-14-5-12-30-18-45;1-2-3-7-25-32-26-27(33(25)17-20-16-21(9-11-24(20)34)39-40(35,36)37)22-15-19(8-10-23(22)31-28(26)29)6-4-13-38-14-5-12-30-18-41;1-2-3-7-25-32-26-27(33(25)17-20-16-21(34)9-11-24(20)39-40(35,36)37)22-15-19(8-10-23(22)31-28(26)29)6-4-13-38-14-5-12-30-18-41/h8-11,15-16H,2-7,12-14,17H2,1H3,(H2,29,31)(H2,34,35,36)(H2,37,38,39);2*8-11,15-16,34H,2-7,12-14,17H2,1H3,(H2,29,31)(H2,35,36,37). The topological polar surface area (TPSA) is 542 Å². The van der Waals surface area contributed by atoms with Gasteiger partial charge in [0.2, 0.25) is 0 Å². The number of pyridine rings is 3. The summed E-state index contributed by atoms with van der Waals surface area (Å²) in [5.41, 5.74) is 29.2. The number of phosphoric ester groups is 4. The summed E-state index contributed by atoms with van der Waals surface area (Å²) in [4.78, 5) is 115. The van der Waals surface area contributed by atoms with Crippen LogP contribution in [-0.4, -0.2) is 168 Å². The van der Waals surface area contributed by atoms with Crippen LogP contribution in [0.3, 0.4) is 0 Å². The highest BCUT2D eigenvalue weighted by Crippen LogP contribution is 2.46. The van der Waals surface area contributed by atoms with Gasteiger partial charge >= 0.3 is 31.3 Å². The van der Waals surface area contributed by atoms with E-state index < -0.39 is 31.3 Å². The van der Waals surface area contributed by atoms with Gasteiger partial charge in [0, 0.05) is 91.8 Å². The first-order valence-corrected chi connectivity index (χ1v) is 48.5. The van der Waals surface area contributed by atoms with Crippen molar-refractivity contribution in [2.45, 2.75) is 156 Å². The second kappa shape index (κ2) is 47.4. The third-order valence-corrected chi connectivity index (χ3v) is 22.1. The molecule has 6 aromatic carbocycles. The SMILES string of the molecule is CCCCc1nc2c(N)nc3ccc(CCCOCCCN=C=S)cc3c2n1Cc1cc(O)ccc1OP(=O)(O)O.CCCCc1nc2c(N)nc3ccc(CCCOCCCN=C=S)cc3c2n1Cc1cc(OP(=O)(O)O)ccc1O.CCCCc1nc2c(N)nc3ccc(CCCOCCCN=C=S)cc3c2n1Cc1cc(OP(=O)(O)O)ccc1OP(=O)(O)O. The van der Waals surface area contributed by atoms with Crippen molar-refractivity contribution in [1.29, 1.82) is 0 Å². The zero-order valence-corrected chi connectivity index (χ0v) is 76.2. The molecule has 6 aromatic heterocycles. The number of nitrogens with zero attached hydrogens (tertiary/aromatic N) is 12. The van der Waals surface area contributed by atoms with Crippen LogP contribution in [0.15, 0.2) is 124 Å². The number of isothiocyanates is 3. The molecule has 16 N–H and O–H groups in total. The molecule has 0 unspecified atom stereocenters. The fourth-order valence-electron chi connectivity index (χ4n) is 14.3. The number of aryl methyl sites for hydroxylation is 6. The van der Waals surface area contributed by atoms with Gasteiger partial charge < -0.3 is 73.4 Å². The van der Waals surface area contributed by atoms with Gasteiger partial charge in [-0.15, -0.1) is 0 Å². The Balaban J connectivity index is 0.000000199. The highest BCUT2D eigenvalue weighted by molar-refractivity contribution is 7.78. The Morgan fingerprint density at radius 2 is 0.685 bits per heavy atom. The molecule has 0 radical (unpaired) electrons. The lowest BCUT2D eigenvalue weighted by molar-refractivity contribution is 0.131. The van der Waals surface area contributed by atoms with Gasteiger partial charge in [0.25, 0.3) is 0 Å². The molecule has 43 heteroatoms. The van der Waals surface area contributed by atoms with Crippen molar-refractivity contribution < 1.29 is 99.9 Å². The lowest BCUT2D eigenvalue weighted by Crippen LogP contribution is -2.08. The maximum absolute atomic E-state index is 11.8. The van der Waals surface area contributed by atoms with Crippen molar-refractivity contribution in [2.24, 2.45) is 15.0 Å². The first-order valence-electron chi connectivity index (χ1n) is 41.1. The summed E-state index contributed by atoms with van der Waals surface area (Å²) in [5.74, 6) is 2.44. The van der Waals surface area contributed by atoms with Crippen LogP contribution >= 0.6 is 67.9 Å². The zero-order valence-electron chi connectivity index (χ0n) is 70.2. The molecular weight excluding hydrogens is 1780 g/mol. The van der Waals surface area contributed by atoms with Crippen LogP contribution in [-0.2, 0) is 90.6 Å². The Morgan fingerprint density at radius 3 is 1.02 bits per heavy atom. The average molecular weight is 1880 g/mol. The van der Waals surface area contributed by atoms with E-state index in [1.807, 2.05) is 63.1 Å². The number of imidazole rings is 3. The quantitative estimate of drug-likeness (QED) is 0.00729. The van der Waals surface area contributed by atoms with Gasteiger partial charge in [-0.05, 0) is 221 Å². The van der Waals surface area contributed by atoms with E-state index in [0.29, 0.717) is 140 Å². The van der Waals surface area contributed by atoms with Crippen molar-refractivity contribution >= 4 is 167 Å². The Morgan fingerprint density at radius 1 is 0.370 bits per heavy atom. The van der Waals surface area contributed by atoms with Gasteiger partial charge in [0.05, 0.1) is 87.9 Å². The van der Waals surface area contributed by atoms with Gasteiger partial charge in [0.15, 0.2) is 17.5 Å². The third kappa shape index (κ3) is 29.5. The van der Waals surface area contributed by atoms with Crippen LogP contribution < -0.4 is 35.3 Å². The van der Waals surface area contributed by atoms with E-state index in [9.17, 15) is 67.6 Å². The molecule has 0 saturated carbocycles. The number of phenolic OH excluding ortho intramolecular Hbond substituents is 2. The molecule has 0 aliphatic heterocycles. The lowest BCUT2D eigenvalue weighted by atomic mass is 10.1. The zero-order chi connectivity index (χ0) is 91.4. The van der Waals surface area contributed by atoms with E-state index in [1.165, 1.54) is 48.5 Å². The van der Waals surface area contributed by atoms with Crippen LogP contribution in [0.5, 0.6) is 34.5 Å². The van der Waals surface area contributed by atoms with Crippen molar-refractivity contribution in [3.8, 4) is 34.5 Å². The molecule has 36 nitrogen and oxygen atoms in total. The molecule has 678 valence electrons. The van der Waals surface area contributed by atoms with Gasteiger partial charge in [-0.1, -0.05) is 58.2 Å². The minimum Gasteiger partial charge on any atom is -0.508 e. The summed E-state index contributed by atoms with van der Waals surface area (Å²) in [5, 5.41) is 30.4. The largest absolute Gasteiger partial charge is 0.524 e. The molecule has 0 aliphatic rings. The second-order valence-electron chi connectivity index (χ2n) is 29.6. The van der Waals surface area contributed by atoms with Gasteiger partial charge in [-0.25, -0.2) is 63.1 Å². The van der Waals surface area contributed by atoms with E-state index in [4.69, 9.17) is 64.5 Å². The number of thiocarbonyl (C=S) groups is 3. The summed E-state index contributed by atoms with van der Waals surface area (Å²) >= 11 is 13.7. The predicted octanol–water partition coefficient (Wildman–Crippen LogP) is 15.3. The smallest absolute Gasteiger partial charge is 0.508 e. The highest BCUT2D eigenvalue weighted by atomic mass is 32.1. The summed E-state index contributed by atoms with van der Waals surface area (Å²) in [6.07, 6.45) is 14.4. The van der Waals surface area contributed by atoms with Crippen molar-refractivity contribution in [1.82, 2.24) is 43.6 Å². The number of aliphatic imine (C=N–C) groups is 3. The monoisotopic (exact) mass is 1880 g/mol. The Kier molecular flexibility index (Phi) is 37.0. The number of hydrogen-bond acceptors (Lipinski definition) is 28. The van der Waals surface area contributed by atoms with E-state index in [0.717, 1.165) is 163 Å². The number of nitrogen functional groups attached to an aromatic ring is 3. The highest BCUT2D eigenvalue weighted by Gasteiger charge is 2.28. The van der Waals surface area contributed by atoms with E-state index in [2.05, 4.69) is 108 Å². The fourth-order valence-corrected chi connectivity index (χ4v) is 16.2. The second-order valence-corrected chi connectivity index (χ2v) is 34.8. The fraction of sp³-hybridized carbons (Fsp3) is 0.393. The number of hydrogen-bond donors (Lipinski definition) is 13. The summed E-state index contributed by atoms with van der Waals surface area (Å²) < 4.78 is 88.7. The maximum Gasteiger partial charge on any atom is 0.524 e. The third-order valence-electron chi connectivity index (χ3n) is 19.9. The Bertz CT molecular complexity index is 6200. The number of phosphoric acid groups is 4. The van der Waals surface area contributed by atoms with Crippen LogP contribution in [0.25, 0.3) is 65.8 Å². The molecule has 127 heavy (non-hydrogen) atoms. The molecule has 12 aromatic rings. The van der Waals surface area contributed by atoms with Crippen molar-refractivity contribution in [3.05, 3.63) is 160 Å². The number of unbranched alkanes of at least 4 members (excludes halogenated alkanes) is 3. The lowest BCUT2D eigenvalue weighted by Gasteiger charge is -2.17. The van der Waals surface area contributed by atoms with Crippen LogP contribution in [0.2, 0.25) is 0 Å². The Labute approximate surface area is 747 Å². The summed E-state index contributed by atoms with van der Waals surface area (Å²) in [6, 6.07) is 29.7. The molecule has 12 rings (SSSR count). The molecule has 6 heterocycles. The number of benzene rings is 6. The number of aromatic hydroxyl groups is 2. The number of anilines is 3. The number of ether oxygens (including phenoxy) is 3. The molecule has 0 fully saturated rings. The molecule has 0 bridgehead atoms. The molecule has 0 saturated heterocycles. The Hall–Kier alpha value is -9.96. The first-order chi connectivity index (χ1) is 60.8. The summed E-state index contributed by atoms with van der Waals surface area (Å²) in [6.45, 7) is 12.0. The van der Waals surface area contributed by atoms with Crippen LogP contribution in [0.1, 0.15) is 149 Å². The predicted molar refractivity (Wildman–Crippen MR) is 496 cm³/mol. The van der Waals surface area contributed by atoms with Crippen LogP contribution in [0.4, 0.5) is 17.5 Å². The molecule has 0 amide bonds. The maximum atomic E-state index is 11.8. The first kappa shape index (κ1) is 99.2. The molecular formula is C84H103N15O21P4S3. The number of nitrogens with two attached hydrogens (primary N) is 3. The normalized spacial score (nSPS) is 11.8. The number of aromatic nitrogens is 9.